The van der Waals surface area contributed by atoms with Gasteiger partial charge in [0, 0.05) is 22.8 Å². The van der Waals surface area contributed by atoms with Crippen LogP contribution in [0, 0.1) is 0 Å². The maximum absolute atomic E-state index is 10.7. The van der Waals surface area contributed by atoms with Gasteiger partial charge in [-0.25, -0.2) is 0 Å². The number of hydrogen-bond donors (Lipinski definition) is 2. The van der Waals surface area contributed by atoms with Gasteiger partial charge in [0.2, 0.25) is 5.91 Å². The lowest BCUT2D eigenvalue weighted by molar-refractivity contribution is -0.118. The number of carbonyl (C=O) groups excluding carboxylic acids is 1. The minimum Gasteiger partial charge on any atom is -0.378 e. The lowest BCUT2D eigenvalue weighted by Gasteiger charge is -2.06. The molecule has 0 radical (unpaired) electrons. The highest BCUT2D eigenvalue weighted by molar-refractivity contribution is 6.33. The highest BCUT2D eigenvalue weighted by Crippen LogP contribution is 2.21. The van der Waals surface area contributed by atoms with Crippen molar-refractivity contribution < 1.29 is 4.79 Å². The van der Waals surface area contributed by atoms with Gasteiger partial charge in [-0.3, -0.25) is 9.48 Å². The first-order chi connectivity index (χ1) is 9.04. The first-order valence-electron chi connectivity index (χ1n) is 5.53. The maximum Gasteiger partial charge on any atom is 0.239 e. The molecule has 0 aliphatic carbocycles. The molecule has 1 aromatic carbocycles. The van der Waals surface area contributed by atoms with Gasteiger partial charge in [-0.15, -0.1) is 0 Å². The van der Waals surface area contributed by atoms with Crippen LogP contribution < -0.4 is 11.1 Å². The summed E-state index contributed by atoms with van der Waals surface area (Å²) in [7, 11) is 0. The van der Waals surface area contributed by atoms with Crippen molar-refractivity contribution >= 4 is 34.8 Å². The molecule has 1 heterocycles. The monoisotopic (exact) mass is 298 g/mol. The Balaban J connectivity index is 2.00. The van der Waals surface area contributed by atoms with Crippen LogP contribution in [0.4, 0.5) is 5.69 Å². The van der Waals surface area contributed by atoms with E-state index in [1.54, 1.807) is 30.6 Å². The van der Waals surface area contributed by atoms with E-state index in [2.05, 4.69) is 10.4 Å². The highest BCUT2D eigenvalue weighted by atomic mass is 35.5. The second kappa shape index (κ2) is 5.95. The number of nitrogens with one attached hydrogen (secondary N) is 1. The fourth-order valence-corrected chi connectivity index (χ4v) is 1.96. The quantitative estimate of drug-likeness (QED) is 0.889. The molecule has 1 amide bonds. The number of nitrogens with zero attached hydrogens (tertiary/aromatic N) is 2. The first-order valence-corrected chi connectivity index (χ1v) is 6.29. The zero-order valence-electron chi connectivity index (χ0n) is 9.94. The Morgan fingerprint density at radius 3 is 2.95 bits per heavy atom. The van der Waals surface area contributed by atoms with Gasteiger partial charge in [0.25, 0.3) is 0 Å². The third-order valence-electron chi connectivity index (χ3n) is 2.44. The van der Waals surface area contributed by atoms with Crippen molar-refractivity contribution in [3.63, 3.8) is 0 Å². The molecule has 7 heteroatoms. The molecule has 0 fully saturated rings. The van der Waals surface area contributed by atoms with Crippen LogP contribution in [0.5, 0.6) is 0 Å². The van der Waals surface area contributed by atoms with Crippen molar-refractivity contribution in [2.75, 3.05) is 5.32 Å². The van der Waals surface area contributed by atoms with E-state index >= 15 is 0 Å². The standard InChI is InChI=1S/C12H12Cl2N4O/c13-9-1-2-11(14)8(3-9)4-16-10-5-17-18(6-10)7-12(15)19/h1-3,5-6,16H,4,7H2,(H2,15,19). The Morgan fingerprint density at radius 2 is 2.21 bits per heavy atom. The van der Waals surface area contributed by atoms with Crippen LogP contribution in [0.15, 0.2) is 30.6 Å². The van der Waals surface area contributed by atoms with E-state index < -0.39 is 5.91 Å². The second-order valence-electron chi connectivity index (χ2n) is 3.98. The van der Waals surface area contributed by atoms with Gasteiger partial charge in [-0.05, 0) is 23.8 Å². The Hall–Kier alpha value is -1.72. The van der Waals surface area contributed by atoms with Gasteiger partial charge in [-0.1, -0.05) is 23.2 Å². The molecule has 0 spiro atoms. The molecule has 0 atom stereocenters. The normalized spacial score (nSPS) is 10.4. The van der Waals surface area contributed by atoms with Gasteiger partial charge in [0.15, 0.2) is 0 Å². The molecule has 0 unspecified atom stereocenters. The van der Waals surface area contributed by atoms with Crippen LogP contribution in [0.1, 0.15) is 5.56 Å². The van der Waals surface area contributed by atoms with Gasteiger partial charge in [0.05, 0.1) is 11.9 Å². The Morgan fingerprint density at radius 1 is 1.42 bits per heavy atom. The average molecular weight is 299 g/mol. The highest BCUT2D eigenvalue weighted by Gasteiger charge is 2.04. The summed E-state index contributed by atoms with van der Waals surface area (Å²) in [6.07, 6.45) is 3.31. The van der Waals surface area contributed by atoms with Gasteiger partial charge >= 0.3 is 0 Å². The number of amides is 1. The Bertz CT molecular complexity index is 597. The zero-order chi connectivity index (χ0) is 13.8. The van der Waals surface area contributed by atoms with E-state index in [4.69, 9.17) is 28.9 Å². The number of primary amides is 1. The summed E-state index contributed by atoms with van der Waals surface area (Å²) in [5.41, 5.74) is 6.74. The fraction of sp³-hybridized carbons (Fsp3) is 0.167. The molecule has 1 aromatic heterocycles. The molecule has 0 saturated carbocycles. The zero-order valence-corrected chi connectivity index (χ0v) is 11.4. The largest absolute Gasteiger partial charge is 0.378 e. The number of anilines is 1. The second-order valence-corrected chi connectivity index (χ2v) is 4.83. The topological polar surface area (TPSA) is 72.9 Å². The lowest BCUT2D eigenvalue weighted by Crippen LogP contribution is -2.18. The molecule has 2 aromatic rings. The SMILES string of the molecule is NC(=O)Cn1cc(NCc2cc(Cl)ccc2Cl)cn1. The molecule has 3 N–H and O–H groups in total. The van der Waals surface area contributed by atoms with Crippen molar-refractivity contribution in [3.8, 4) is 0 Å². The van der Waals surface area contributed by atoms with Crippen molar-refractivity contribution in [3.05, 3.63) is 46.2 Å². The summed E-state index contributed by atoms with van der Waals surface area (Å²) < 4.78 is 1.46. The molecule has 0 saturated heterocycles. The molecular formula is C12H12Cl2N4O. The van der Waals surface area contributed by atoms with Crippen LogP contribution in [0.25, 0.3) is 0 Å². The number of nitrogens with two attached hydrogens (primary N) is 1. The van der Waals surface area contributed by atoms with E-state index in [0.717, 1.165) is 11.3 Å². The number of hydrogen-bond acceptors (Lipinski definition) is 3. The lowest BCUT2D eigenvalue weighted by atomic mass is 10.2. The van der Waals surface area contributed by atoms with Crippen molar-refractivity contribution in [1.82, 2.24) is 9.78 Å². The smallest absolute Gasteiger partial charge is 0.239 e. The van der Waals surface area contributed by atoms with Crippen LogP contribution in [-0.2, 0) is 17.9 Å². The van der Waals surface area contributed by atoms with E-state index in [1.807, 2.05) is 0 Å². The van der Waals surface area contributed by atoms with Crippen molar-refractivity contribution in [2.45, 2.75) is 13.1 Å². The molecule has 19 heavy (non-hydrogen) atoms. The molecule has 100 valence electrons. The van der Waals surface area contributed by atoms with E-state index in [-0.39, 0.29) is 6.54 Å². The van der Waals surface area contributed by atoms with Crippen LogP contribution in [-0.4, -0.2) is 15.7 Å². The van der Waals surface area contributed by atoms with E-state index in [9.17, 15) is 4.79 Å². The number of halogens is 2. The van der Waals surface area contributed by atoms with Gasteiger partial charge in [-0.2, -0.15) is 5.10 Å². The summed E-state index contributed by atoms with van der Waals surface area (Å²) in [6.45, 7) is 0.571. The summed E-state index contributed by atoms with van der Waals surface area (Å²) >= 11 is 12.0. The Kier molecular flexibility index (Phi) is 4.29. The molecule has 0 aliphatic rings. The van der Waals surface area contributed by atoms with Crippen LogP contribution in [0.2, 0.25) is 10.0 Å². The predicted molar refractivity (Wildman–Crippen MR) is 75.2 cm³/mol. The fourth-order valence-electron chi connectivity index (χ4n) is 1.58. The van der Waals surface area contributed by atoms with Crippen molar-refractivity contribution in [1.29, 1.82) is 0 Å². The third-order valence-corrected chi connectivity index (χ3v) is 3.05. The predicted octanol–water partition coefficient (Wildman–Crippen LogP) is 2.29. The molecule has 2 rings (SSSR count). The molecule has 0 bridgehead atoms. The summed E-state index contributed by atoms with van der Waals surface area (Å²) in [5, 5.41) is 8.42. The molecule has 5 nitrogen and oxygen atoms in total. The van der Waals surface area contributed by atoms with E-state index in [0.29, 0.717) is 16.6 Å². The average Bonchev–Trinajstić information content (AvgIpc) is 2.77. The molecule has 0 aliphatic heterocycles. The van der Waals surface area contributed by atoms with Crippen LogP contribution in [0.3, 0.4) is 0 Å². The molecular weight excluding hydrogens is 287 g/mol. The number of benzene rings is 1. The van der Waals surface area contributed by atoms with Gasteiger partial charge in [0.1, 0.15) is 6.54 Å². The van der Waals surface area contributed by atoms with Crippen molar-refractivity contribution in [2.24, 2.45) is 5.73 Å². The van der Waals surface area contributed by atoms with Crippen LogP contribution >= 0.6 is 23.2 Å². The third kappa shape index (κ3) is 3.87. The number of rotatable bonds is 5. The summed E-state index contributed by atoms with van der Waals surface area (Å²) in [5.74, 6) is -0.437. The minimum atomic E-state index is -0.437. The maximum atomic E-state index is 10.7. The summed E-state index contributed by atoms with van der Waals surface area (Å²) in [4.78, 5) is 10.7. The van der Waals surface area contributed by atoms with E-state index in [1.165, 1.54) is 4.68 Å². The Labute approximate surface area is 120 Å². The number of aromatic nitrogens is 2. The first kappa shape index (κ1) is 13.7. The number of carbonyl (C=O) groups is 1. The van der Waals surface area contributed by atoms with Gasteiger partial charge < -0.3 is 11.1 Å². The summed E-state index contributed by atoms with van der Waals surface area (Å²) in [6, 6.07) is 5.28. The minimum absolute atomic E-state index is 0.0552.